The van der Waals surface area contributed by atoms with Crippen molar-refractivity contribution >= 4 is 11.9 Å². The van der Waals surface area contributed by atoms with Crippen LogP contribution in [0.3, 0.4) is 0 Å². The number of morpholine rings is 1. The Kier molecular flexibility index (Phi) is 4.90. The van der Waals surface area contributed by atoms with Crippen molar-refractivity contribution in [3.8, 4) is 6.07 Å². The number of rotatable bonds is 3. The van der Waals surface area contributed by atoms with Crippen LogP contribution in [0.5, 0.6) is 0 Å². The van der Waals surface area contributed by atoms with Crippen molar-refractivity contribution < 1.29 is 19.1 Å². The number of amides is 1. The fourth-order valence-corrected chi connectivity index (χ4v) is 2.13. The van der Waals surface area contributed by atoms with Crippen molar-refractivity contribution in [2.24, 2.45) is 0 Å². The third-order valence-corrected chi connectivity index (χ3v) is 3.32. The summed E-state index contributed by atoms with van der Waals surface area (Å²) in [6.07, 6.45) is -0.478. The van der Waals surface area contributed by atoms with Gasteiger partial charge in [-0.1, -0.05) is 12.1 Å². The maximum Gasteiger partial charge on any atom is 0.336 e. The minimum Gasteiger partial charge on any atom is -0.467 e. The first-order valence-corrected chi connectivity index (χ1v) is 6.60. The Morgan fingerprint density at radius 1 is 1.43 bits per heavy atom. The van der Waals surface area contributed by atoms with Crippen molar-refractivity contribution in [1.82, 2.24) is 4.90 Å². The number of carbonyl (C=O) groups excluding carboxylic acids is 2. The standard InChI is InChI=1S/C15H16N2O4/c1-20-15(19)13-10-17(6-7-21-13)14(18)8-11-2-4-12(9-16)5-3-11/h2-5,13H,6-8,10H2,1H3. The van der Waals surface area contributed by atoms with Gasteiger partial charge in [0.1, 0.15) is 0 Å². The van der Waals surface area contributed by atoms with Crippen LogP contribution in [-0.4, -0.2) is 49.7 Å². The topological polar surface area (TPSA) is 79.6 Å². The fraction of sp³-hybridized carbons (Fsp3) is 0.400. The van der Waals surface area contributed by atoms with Crippen molar-refractivity contribution in [3.05, 3.63) is 35.4 Å². The quantitative estimate of drug-likeness (QED) is 0.757. The molecule has 0 aromatic heterocycles. The summed E-state index contributed by atoms with van der Waals surface area (Å²) in [4.78, 5) is 25.3. The van der Waals surface area contributed by atoms with Crippen molar-refractivity contribution in [3.63, 3.8) is 0 Å². The highest BCUT2D eigenvalue weighted by atomic mass is 16.6. The second kappa shape index (κ2) is 6.86. The van der Waals surface area contributed by atoms with E-state index in [1.54, 1.807) is 29.2 Å². The first-order valence-electron chi connectivity index (χ1n) is 6.60. The lowest BCUT2D eigenvalue weighted by atomic mass is 10.1. The van der Waals surface area contributed by atoms with Crippen LogP contribution >= 0.6 is 0 Å². The maximum atomic E-state index is 12.2. The fourth-order valence-electron chi connectivity index (χ4n) is 2.13. The van der Waals surface area contributed by atoms with Gasteiger partial charge in [-0.25, -0.2) is 4.79 Å². The molecule has 1 aliphatic rings. The molecule has 1 unspecified atom stereocenters. The Morgan fingerprint density at radius 2 is 2.14 bits per heavy atom. The number of hydrogen-bond acceptors (Lipinski definition) is 5. The van der Waals surface area contributed by atoms with Crippen LogP contribution in [-0.2, 0) is 25.5 Å². The van der Waals surface area contributed by atoms with Crippen LogP contribution in [0.1, 0.15) is 11.1 Å². The summed E-state index contributed by atoms with van der Waals surface area (Å²) in [7, 11) is 1.29. The van der Waals surface area contributed by atoms with Crippen LogP contribution in [0.2, 0.25) is 0 Å². The van der Waals surface area contributed by atoms with E-state index in [9.17, 15) is 9.59 Å². The lowest BCUT2D eigenvalue weighted by Crippen LogP contribution is -2.49. The van der Waals surface area contributed by atoms with Gasteiger partial charge in [-0.3, -0.25) is 4.79 Å². The molecule has 1 heterocycles. The Labute approximate surface area is 122 Å². The van der Waals surface area contributed by atoms with Crippen LogP contribution in [0, 0.1) is 11.3 Å². The zero-order valence-electron chi connectivity index (χ0n) is 11.7. The van der Waals surface area contributed by atoms with Crippen LogP contribution in [0.4, 0.5) is 0 Å². The zero-order chi connectivity index (χ0) is 15.2. The molecule has 0 radical (unpaired) electrons. The van der Waals surface area contributed by atoms with Gasteiger partial charge >= 0.3 is 5.97 Å². The molecule has 1 amide bonds. The number of nitrogens with zero attached hydrogens (tertiary/aromatic N) is 2. The molecule has 110 valence electrons. The maximum absolute atomic E-state index is 12.2. The number of hydrogen-bond donors (Lipinski definition) is 0. The van der Waals surface area contributed by atoms with Gasteiger partial charge in [0.25, 0.3) is 0 Å². The largest absolute Gasteiger partial charge is 0.467 e. The third-order valence-electron chi connectivity index (χ3n) is 3.32. The molecule has 0 saturated carbocycles. The normalized spacial score (nSPS) is 17.9. The molecule has 2 rings (SSSR count). The summed E-state index contributed by atoms with van der Waals surface area (Å²) < 4.78 is 9.92. The van der Waals surface area contributed by atoms with Crippen LogP contribution < -0.4 is 0 Å². The lowest BCUT2D eigenvalue weighted by molar-refractivity contribution is -0.162. The van der Waals surface area contributed by atoms with Gasteiger partial charge in [0, 0.05) is 6.54 Å². The predicted molar refractivity (Wildman–Crippen MR) is 73.2 cm³/mol. The molecule has 6 nitrogen and oxygen atoms in total. The number of nitriles is 1. The molecular formula is C15H16N2O4. The van der Waals surface area contributed by atoms with Gasteiger partial charge < -0.3 is 14.4 Å². The minimum absolute atomic E-state index is 0.0723. The number of methoxy groups -OCH3 is 1. The van der Waals surface area contributed by atoms with Gasteiger partial charge in [-0.2, -0.15) is 5.26 Å². The molecule has 1 aromatic carbocycles. The average molecular weight is 288 g/mol. The Morgan fingerprint density at radius 3 is 2.76 bits per heavy atom. The second-order valence-corrected chi connectivity index (χ2v) is 4.71. The molecule has 21 heavy (non-hydrogen) atoms. The van der Waals surface area contributed by atoms with Crippen LogP contribution in [0.25, 0.3) is 0 Å². The Balaban J connectivity index is 1.96. The molecule has 0 aliphatic carbocycles. The van der Waals surface area contributed by atoms with Crippen molar-refractivity contribution in [2.45, 2.75) is 12.5 Å². The number of ether oxygens (including phenoxy) is 2. The number of carbonyl (C=O) groups is 2. The summed E-state index contributed by atoms with van der Waals surface area (Å²) in [5.41, 5.74) is 1.39. The SMILES string of the molecule is COC(=O)C1CN(C(=O)Cc2ccc(C#N)cc2)CCO1. The average Bonchev–Trinajstić information content (AvgIpc) is 2.55. The van der Waals surface area contributed by atoms with E-state index in [4.69, 9.17) is 10.00 Å². The van der Waals surface area contributed by atoms with E-state index in [-0.39, 0.29) is 18.9 Å². The Hall–Kier alpha value is -2.39. The summed E-state index contributed by atoms with van der Waals surface area (Å²) in [5, 5.41) is 8.74. The smallest absolute Gasteiger partial charge is 0.336 e. The van der Waals surface area contributed by atoms with Crippen LogP contribution in [0.15, 0.2) is 24.3 Å². The molecule has 0 bridgehead atoms. The summed E-state index contributed by atoms with van der Waals surface area (Å²) in [6, 6.07) is 8.91. The molecule has 0 spiro atoms. The summed E-state index contributed by atoms with van der Waals surface area (Å²) in [5.74, 6) is -0.539. The van der Waals surface area contributed by atoms with Crippen molar-refractivity contribution in [2.75, 3.05) is 26.8 Å². The summed E-state index contributed by atoms with van der Waals surface area (Å²) >= 11 is 0. The molecule has 6 heteroatoms. The summed E-state index contributed by atoms with van der Waals surface area (Å²) in [6.45, 7) is 0.989. The van der Waals surface area contributed by atoms with Gasteiger partial charge in [0.15, 0.2) is 6.10 Å². The van der Waals surface area contributed by atoms with E-state index in [1.165, 1.54) is 7.11 Å². The number of benzene rings is 1. The highest BCUT2D eigenvalue weighted by Crippen LogP contribution is 2.11. The minimum atomic E-state index is -0.714. The second-order valence-electron chi connectivity index (χ2n) is 4.71. The first kappa shape index (κ1) is 15.0. The third kappa shape index (κ3) is 3.80. The van der Waals surface area contributed by atoms with E-state index in [2.05, 4.69) is 4.74 Å². The molecule has 1 fully saturated rings. The van der Waals surface area contributed by atoms with Gasteiger partial charge in [0.2, 0.25) is 5.91 Å². The van der Waals surface area contributed by atoms with E-state index in [1.807, 2.05) is 6.07 Å². The molecule has 0 N–H and O–H groups in total. The molecular weight excluding hydrogens is 272 g/mol. The number of esters is 1. The van der Waals surface area contributed by atoms with E-state index in [0.29, 0.717) is 18.7 Å². The molecule has 1 atom stereocenters. The highest BCUT2D eigenvalue weighted by Gasteiger charge is 2.29. The van der Waals surface area contributed by atoms with Crippen molar-refractivity contribution in [1.29, 1.82) is 5.26 Å². The van der Waals surface area contributed by atoms with Gasteiger partial charge in [-0.05, 0) is 17.7 Å². The van der Waals surface area contributed by atoms with E-state index < -0.39 is 12.1 Å². The van der Waals surface area contributed by atoms with Gasteiger partial charge in [0.05, 0.1) is 38.3 Å². The molecule has 1 aromatic rings. The predicted octanol–water partition coefficient (Wildman–Crippen LogP) is 0.501. The highest BCUT2D eigenvalue weighted by molar-refractivity contribution is 5.81. The monoisotopic (exact) mass is 288 g/mol. The van der Waals surface area contributed by atoms with E-state index >= 15 is 0 Å². The van der Waals surface area contributed by atoms with E-state index in [0.717, 1.165) is 5.56 Å². The zero-order valence-corrected chi connectivity index (χ0v) is 11.7. The Bertz CT molecular complexity index is 562. The molecule has 1 saturated heterocycles. The molecule has 1 aliphatic heterocycles. The van der Waals surface area contributed by atoms with Gasteiger partial charge in [-0.15, -0.1) is 0 Å². The first-order chi connectivity index (χ1) is 10.1. The lowest BCUT2D eigenvalue weighted by Gasteiger charge is -2.31.